The van der Waals surface area contributed by atoms with E-state index >= 15 is 0 Å². The zero-order chi connectivity index (χ0) is 17.2. The minimum atomic E-state index is -0.262. The summed E-state index contributed by atoms with van der Waals surface area (Å²) in [4.78, 5) is 19.5. The van der Waals surface area contributed by atoms with Crippen LogP contribution in [0.1, 0.15) is 16.1 Å². The van der Waals surface area contributed by atoms with Gasteiger partial charge in [0.05, 0.1) is 0 Å². The molecule has 4 rings (SSSR count). The number of carbonyl (C=O) groups excluding carboxylic acids is 1. The lowest BCUT2D eigenvalue weighted by Gasteiger charge is -2.04. The lowest BCUT2D eigenvalue weighted by molar-refractivity contribution is 0.0924. The van der Waals surface area contributed by atoms with E-state index < -0.39 is 0 Å². The Bertz CT molecular complexity index is 1030. The molecule has 0 atom stereocenters. The number of hydrogen-bond acceptors (Lipinski definition) is 4. The van der Waals surface area contributed by atoms with Gasteiger partial charge in [0.25, 0.3) is 5.91 Å². The smallest absolute Gasteiger partial charge is 0.287 e. The molecule has 6 nitrogen and oxygen atoms in total. The summed E-state index contributed by atoms with van der Waals surface area (Å²) >= 11 is 0. The summed E-state index contributed by atoms with van der Waals surface area (Å²) in [5.41, 5.74) is 8.35. The highest BCUT2D eigenvalue weighted by Gasteiger charge is 2.15. The number of pyridine rings is 1. The van der Waals surface area contributed by atoms with Gasteiger partial charge < -0.3 is 20.5 Å². The average Bonchev–Trinajstić information content (AvgIpc) is 3.29. The van der Waals surface area contributed by atoms with Crippen LogP contribution in [0, 0.1) is 0 Å². The Hall–Kier alpha value is -3.54. The molecular formula is C19H16N4O2. The molecule has 25 heavy (non-hydrogen) atoms. The Morgan fingerprint density at radius 1 is 1.16 bits per heavy atom. The number of amides is 1. The summed E-state index contributed by atoms with van der Waals surface area (Å²) in [5.74, 6) is 0.951. The SMILES string of the molecule is Nc1cc(-c2ccc(C(=O)NCc3ccccc3)o2)c2cc[nH]c2n1. The van der Waals surface area contributed by atoms with Gasteiger partial charge in [0.15, 0.2) is 5.76 Å². The summed E-state index contributed by atoms with van der Waals surface area (Å²) in [6, 6.07) is 16.8. The fraction of sp³-hybridized carbons (Fsp3) is 0.0526. The number of nitrogens with one attached hydrogen (secondary N) is 2. The van der Waals surface area contributed by atoms with Gasteiger partial charge in [0, 0.05) is 23.7 Å². The predicted molar refractivity (Wildman–Crippen MR) is 95.8 cm³/mol. The molecule has 0 aliphatic rings. The number of benzene rings is 1. The number of anilines is 1. The van der Waals surface area contributed by atoms with E-state index in [9.17, 15) is 4.79 Å². The van der Waals surface area contributed by atoms with Crippen LogP contribution >= 0.6 is 0 Å². The maximum atomic E-state index is 12.3. The Balaban J connectivity index is 1.57. The van der Waals surface area contributed by atoms with E-state index in [2.05, 4.69) is 15.3 Å². The number of rotatable bonds is 4. The maximum absolute atomic E-state index is 12.3. The highest BCUT2D eigenvalue weighted by Crippen LogP contribution is 2.30. The largest absolute Gasteiger partial charge is 0.451 e. The van der Waals surface area contributed by atoms with E-state index in [4.69, 9.17) is 10.2 Å². The molecular weight excluding hydrogens is 316 g/mol. The highest BCUT2D eigenvalue weighted by atomic mass is 16.3. The van der Waals surface area contributed by atoms with Gasteiger partial charge >= 0.3 is 0 Å². The van der Waals surface area contributed by atoms with Gasteiger partial charge in [-0.2, -0.15) is 0 Å². The van der Waals surface area contributed by atoms with E-state index in [1.165, 1.54) is 0 Å². The highest BCUT2D eigenvalue weighted by molar-refractivity contribution is 5.95. The Labute approximate surface area is 143 Å². The molecule has 6 heteroatoms. The second-order valence-electron chi connectivity index (χ2n) is 5.67. The van der Waals surface area contributed by atoms with Crippen LogP contribution in [0.5, 0.6) is 0 Å². The molecule has 3 aromatic heterocycles. The third-order valence-corrected chi connectivity index (χ3v) is 3.94. The van der Waals surface area contributed by atoms with Crippen LogP contribution in [0.2, 0.25) is 0 Å². The van der Waals surface area contributed by atoms with Crippen molar-refractivity contribution in [3.8, 4) is 11.3 Å². The van der Waals surface area contributed by atoms with E-state index in [0.717, 1.165) is 16.5 Å². The number of nitrogen functional groups attached to an aromatic ring is 1. The van der Waals surface area contributed by atoms with Gasteiger partial charge in [0.1, 0.15) is 17.2 Å². The van der Waals surface area contributed by atoms with Crippen molar-refractivity contribution in [1.82, 2.24) is 15.3 Å². The Morgan fingerprint density at radius 2 is 2.00 bits per heavy atom. The van der Waals surface area contributed by atoms with Crippen LogP contribution in [0.4, 0.5) is 5.82 Å². The van der Waals surface area contributed by atoms with Crippen molar-refractivity contribution in [3.05, 3.63) is 72.1 Å². The molecule has 0 spiro atoms. The van der Waals surface area contributed by atoms with Gasteiger partial charge in [-0.25, -0.2) is 4.98 Å². The second kappa shape index (κ2) is 6.16. The van der Waals surface area contributed by atoms with Crippen LogP contribution in [0.25, 0.3) is 22.4 Å². The molecule has 3 heterocycles. The first kappa shape index (κ1) is 15.0. The number of hydrogen-bond donors (Lipinski definition) is 3. The Kier molecular flexibility index (Phi) is 3.70. The normalized spacial score (nSPS) is 10.9. The zero-order valence-electron chi connectivity index (χ0n) is 13.3. The standard InChI is InChI=1S/C19H16N4O2/c20-17-10-14(13-8-9-21-18(13)23-17)15-6-7-16(25-15)19(24)22-11-12-4-2-1-3-5-12/h1-10H,11H2,(H,22,24)(H3,20,21,23). The number of aromatic nitrogens is 2. The van der Waals surface area contributed by atoms with Gasteiger partial charge in [-0.3, -0.25) is 4.79 Å². The predicted octanol–water partition coefficient (Wildman–Crippen LogP) is 3.34. The molecule has 1 amide bonds. The lowest BCUT2D eigenvalue weighted by atomic mass is 10.1. The van der Waals surface area contributed by atoms with E-state index in [-0.39, 0.29) is 11.7 Å². The van der Waals surface area contributed by atoms with Crippen LogP contribution in [0.3, 0.4) is 0 Å². The monoisotopic (exact) mass is 332 g/mol. The first-order chi connectivity index (χ1) is 12.2. The number of H-pyrrole nitrogens is 1. The first-order valence-electron chi connectivity index (χ1n) is 7.86. The fourth-order valence-electron chi connectivity index (χ4n) is 2.73. The van der Waals surface area contributed by atoms with Crippen LogP contribution in [-0.2, 0) is 6.54 Å². The van der Waals surface area contributed by atoms with Crippen molar-refractivity contribution >= 4 is 22.8 Å². The molecule has 4 aromatic rings. The molecule has 0 fully saturated rings. The quantitative estimate of drug-likeness (QED) is 0.534. The fourth-order valence-corrected chi connectivity index (χ4v) is 2.73. The van der Waals surface area contributed by atoms with Gasteiger partial charge in [-0.1, -0.05) is 30.3 Å². The topological polar surface area (TPSA) is 96.9 Å². The van der Waals surface area contributed by atoms with Gasteiger partial charge in [-0.15, -0.1) is 0 Å². The summed E-state index contributed by atoms with van der Waals surface area (Å²) in [5, 5.41) is 3.74. The van der Waals surface area contributed by atoms with Crippen molar-refractivity contribution in [3.63, 3.8) is 0 Å². The van der Waals surface area contributed by atoms with Crippen molar-refractivity contribution in [2.45, 2.75) is 6.54 Å². The molecule has 1 aromatic carbocycles. The van der Waals surface area contributed by atoms with Crippen LogP contribution < -0.4 is 11.1 Å². The van der Waals surface area contributed by atoms with E-state index in [0.29, 0.717) is 23.8 Å². The maximum Gasteiger partial charge on any atom is 0.287 e. The molecule has 0 radical (unpaired) electrons. The second-order valence-corrected chi connectivity index (χ2v) is 5.67. The number of aromatic amines is 1. The molecule has 4 N–H and O–H groups in total. The first-order valence-corrected chi connectivity index (χ1v) is 7.86. The Morgan fingerprint density at radius 3 is 2.84 bits per heavy atom. The summed E-state index contributed by atoms with van der Waals surface area (Å²) in [6.45, 7) is 0.444. The third kappa shape index (κ3) is 2.97. The van der Waals surface area contributed by atoms with Crippen LogP contribution in [-0.4, -0.2) is 15.9 Å². The summed E-state index contributed by atoms with van der Waals surface area (Å²) in [7, 11) is 0. The molecule has 124 valence electrons. The average molecular weight is 332 g/mol. The number of fused-ring (bicyclic) bond motifs is 1. The van der Waals surface area contributed by atoms with E-state index in [1.54, 1.807) is 24.4 Å². The van der Waals surface area contributed by atoms with Crippen molar-refractivity contribution in [1.29, 1.82) is 0 Å². The number of nitrogens with zero attached hydrogens (tertiary/aromatic N) is 1. The van der Waals surface area contributed by atoms with Gasteiger partial charge in [-0.05, 0) is 29.8 Å². The summed E-state index contributed by atoms with van der Waals surface area (Å²) in [6.07, 6.45) is 1.79. The number of carbonyl (C=O) groups is 1. The lowest BCUT2D eigenvalue weighted by Crippen LogP contribution is -2.22. The van der Waals surface area contributed by atoms with Crippen molar-refractivity contribution < 1.29 is 9.21 Å². The third-order valence-electron chi connectivity index (χ3n) is 3.94. The number of nitrogens with two attached hydrogens (primary N) is 1. The molecule has 0 saturated carbocycles. The number of furan rings is 1. The van der Waals surface area contributed by atoms with Crippen molar-refractivity contribution in [2.75, 3.05) is 5.73 Å². The molecule has 0 bridgehead atoms. The van der Waals surface area contributed by atoms with Crippen molar-refractivity contribution in [2.24, 2.45) is 0 Å². The van der Waals surface area contributed by atoms with E-state index in [1.807, 2.05) is 36.4 Å². The summed E-state index contributed by atoms with van der Waals surface area (Å²) < 4.78 is 5.74. The molecule has 0 aliphatic heterocycles. The molecule has 0 unspecified atom stereocenters. The zero-order valence-corrected chi connectivity index (χ0v) is 13.3. The molecule has 0 saturated heterocycles. The minimum absolute atomic E-state index is 0.255. The van der Waals surface area contributed by atoms with Gasteiger partial charge in [0.2, 0.25) is 0 Å². The van der Waals surface area contributed by atoms with Crippen LogP contribution in [0.15, 0.2) is 65.2 Å². The minimum Gasteiger partial charge on any atom is -0.451 e. The molecule has 0 aliphatic carbocycles.